The van der Waals surface area contributed by atoms with Crippen molar-refractivity contribution in [3.8, 4) is 0 Å². The fourth-order valence-electron chi connectivity index (χ4n) is 0.915. The van der Waals surface area contributed by atoms with E-state index in [1.807, 2.05) is 34.9 Å². The van der Waals surface area contributed by atoms with Crippen LogP contribution < -0.4 is 4.57 Å². The molecule has 1 heterocycles. The van der Waals surface area contributed by atoms with E-state index in [2.05, 4.69) is 0 Å². The molecular formula is C7H14N2O5S. The van der Waals surface area contributed by atoms with Gasteiger partial charge in [0.15, 0.2) is 0 Å². The van der Waals surface area contributed by atoms with Crippen molar-refractivity contribution in [3.63, 3.8) is 0 Å². The maximum atomic E-state index is 8.98. The number of nitrogens with zero attached hydrogens (tertiary/aromatic N) is 2. The van der Waals surface area contributed by atoms with Crippen molar-refractivity contribution >= 4 is 10.4 Å². The third-order valence-electron chi connectivity index (χ3n) is 1.30. The first-order valence-electron chi connectivity index (χ1n) is 4.06. The van der Waals surface area contributed by atoms with E-state index in [4.69, 9.17) is 22.6 Å². The Labute approximate surface area is 88.2 Å². The average Bonchev–Trinajstić information content (AvgIpc) is 2.29. The molecule has 0 saturated carbocycles. The van der Waals surface area contributed by atoms with Gasteiger partial charge in [-0.15, -0.1) is 0 Å². The largest absolute Gasteiger partial charge is 0.726 e. The average molecular weight is 238 g/mol. The van der Waals surface area contributed by atoms with E-state index < -0.39 is 10.4 Å². The minimum atomic E-state index is -4.92. The van der Waals surface area contributed by atoms with Crippen LogP contribution in [0.2, 0.25) is 0 Å². The summed E-state index contributed by atoms with van der Waals surface area (Å²) < 4.78 is 36.7. The highest BCUT2D eigenvalue weighted by atomic mass is 32.3. The van der Waals surface area contributed by atoms with Crippen molar-refractivity contribution in [1.29, 1.82) is 0 Å². The Balaban J connectivity index is 0.000000336. The fourth-order valence-corrected chi connectivity index (χ4v) is 0.915. The highest BCUT2D eigenvalue weighted by Gasteiger charge is 2.02. The third kappa shape index (κ3) is 11.0. The first-order chi connectivity index (χ1) is 6.68. The van der Waals surface area contributed by atoms with Crippen molar-refractivity contribution in [1.82, 2.24) is 4.57 Å². The second kappa shape index (κ2) is 5.81. The van der Waals surface area contributed by atoms with E-state index >= 15 is 0 Å². The van der Waals surface area contributed by atoms with Crippen molar-refractivity contribution in [2.45, 2.75) is 19.6 Å². The van der Waals surface area contributed by atoms with Crippen LogP contribution in [0.3, 0.4) is 0 Å². The van der Waals surface area contributed by atoms with Crippen LogP contribution >= 0.6 is 0 Å². The molecule has 0 fully saturated rings. The molecule has 0 saturated heterocycles. The quantitative estimate of drug-likeness (QED) is 0.378. The van der Waals surface area contributed by atoms with Crippen molar-refractivity contribution in [2.24, 2.45) is 7.05 Å². The number of rotatable bonds is 2. The second-order valence-electron chi connectivity index (χ2n) is 3.05. The van der Waals surface area contributed by atoms with Gasteiger partial charge in [0.1, 0.15) is 18.9 Å². The lowest BCUT2D eigenvalue weighted by Crippen LogP contribution is -2.36. The lowest BCUT2D eigenvalue weighted by molar-refractivity contribution is -0.702. The number of hydrogen-bond acceptors (Lipinski definition) is 4. The number of imidazole rings is 1. The Morgan fingerprint density at radius 1 is 1.60 bits per heavy atom. The maximum absolute atomic E-state index is 8.98. The molecule has 0 bridgehead atoms. The van der Waals surface area contributed by atoms with E-state index in [0.29, 0.717) is 6.54 Å². The molecule has 0 aliphatic rings. The number of aliphatic hydroxyl groups is 1. The molecule has 8 heteroatoms. The molecule has 15 heavy (non-hydrogen) atoms. The predicted octanol–water partition coefficient (Wildman–Crippen LogP) is -1.30. The molecule has 1 atom stereocenters. The van der Waals surface area contributed by atoms with Gasteiger partial charge in [0.2, 0.25) is 16.7 Å². The summed E-state index contributed by atoms with van der Waals surface area (Å²) in [4.78, 5) is 0. The molecular weight excluding hydrogens is 224 g/mol. The summed E-state index contributed by atoms with van der Waals surface area (Å²) in [6.07, 6.45) is 5.55. The smallest absolute Gasteiger partial charge is 0.243 e. The van der Waals surface area contributed by atoms with Crippen LogP contribution in [0, 0.1) is 0 Å². The zero-order valence-electron chi connectivity index (χ0n) is 8.44. The van der Waals surface area contributed by atoms with Gasteiger partial charge in [-0.1, -0.05) is 0 Å². The van der Waals surface area contributed by atoms with Gasteiger partial charge in [0.05, 0.1) is 13.2 Å². The molecule has 0 aliphatic carbocycles. The third-order valence-corrected chi connectivity index (χ3v) is 1.30. The summed E-state index contributed by atoms with van der Waals surface area (Å²) in [5.74, 6) is 0. The van der Waals surface area contributed by atoms with E-state index in [-0.39, 0.29) is 6.10 Å². The van der Waals surface area contributed by atoms with Crippen LogP contribution in [-0.2, 0) is 24.0 Å². The van der Waals surface area contributed by atoms with E-state index in [1.54, 1.807) is 6.92 Å². The highest BCUT2D eigenvalue weighted by molar-refractivity contribution is 7.79. The highest BCUT2D eigenvalue weighted by Crippen LogP contribution is 1.81. The Hall–Kier alpha value is -0.960. The summed E-state index contributed by atoms with van der Waals surface area (Å²) in [5.41, 5.74) is 0. The predicted molar refractivity (Wildman–Crippen MR) is 49.6 cm³/mol. The zero-order chi connectivity index (χ0) is 12.1. The molecule has 0 spiro atoms. The number of aryl methyl sites for hydroxylation is 1. The van der Waals surface area contributed by atoms with Crippen LogP contribution in [0.1, 0.15) is 6.92 Å². The maximum Gasteiger partial charge on any atom is 0.243 e. The van der Waals surface area contributed by atoms with Crippen molar-refractivity contribution < 1.29 is 27.2 Å². The van der Waals surface area contributed by atoms with Crippen LogP contribution in [-0.4, -0.2) is 33.3 Å². The number of aromatic nitrogens is 2. The van der Waals surface area contributed by atoms with E-state index in [1.165, 1.54) is 0 Å². The second-order valence-corrected chi connectivity index (χ2v) is 3.91. The first-order valence-corrected chi connectivity index (χ1v) is 5.42. The summed E-state index contributed by atoms with van der Waals surface area (Å²) in [6.45, 7) is 2.45. The Morgan fingerprint density at radius 3 is 2.33 bits per heavy atom. The SMILES string of the molecule is CC(O)C[n+]1ccn(C)c1.O=S(=O)([O-])O. The zero-order valence-corrected chi connectivity index (χ0v) is 9.25. The molecule has 7 nitrogen and oxygen atoms in total. The van der Waals surface area contributed by atoms with Crippen LogP contribution in [0.5, 0.6) is 0 Å². The van der Waals surface area contributed by atoms with Gasteiger partial charge < -0.3 is 9.66 Å². The summed E-state index contributed by atoms with van der Waals surface area (Å²) >= 11 is 0. The van der Waals surface area contributed by atoms with E-state index in [0.717, 1.165) is 0 Å². The molecule has 1 aromatic heterocycles. The number of hydrogen-bond donors (Lipinski definition) is 2. The summed E-state index contributed by atoms with van der Waals surface area (Å²) in [6, 6.07) is 0. The van der Waals surface area contributed by atoms with Gasteiger partial charge in [-0.3, -0.25) is 4.55 Å². The van der Waals surface area contributed by atoms with Gasteiger partial charge in [0.25, 0.3) is 0 Å². The lowest BCUT2D eigenvalue weighted by atomic mass is 10.4. The van der Waals surface area contributed by atoms with Gasteiger partial charge in [0, 0.05) is 0 Å². The summed E-state index contributed by atoms with van der Waals surface area (Å²) in [7, 11) is -2.96. The lowest BCUT2D eigenvalue weighted by Gasteiger charge is -1.97. The van der Waals surface area contributed by atoms with Gasteiger partial charge >= 0.3 is 0 Å². The summed E-state index contributed by atoms with van der Waals surface area (Å²) in [5, 5.41) is 8.98. The molecule has 0 aliphatic heterocycles. The number of aliphatic hydroxyl groups excluding tert-OH is 1. The van der Waals surface area contributed by atoms with Crippen molar-refractivity contribution in [2.75, 3.05) is 0 Å². The van der Waals surface area contributed by atoms with Crippen molar-refractivity contribution in [3.05, 3.63) is 18.7 Å². The van der Waals surface area contributed by atoms with Crippen LogP contribution in [0.4, 0.5) is 0 Å². The van der Waals surface area contributed by atoms with Gasteiger partial charge in [-0.25, -0.2) is 17.6 Å². The molecule has 0 radical (unpaired) electrons. The Morgan fingerprint density at radius 2 is 2.07 bits per heavy atom. The topological polar surface area (TPSA) is 106 Å². The van der Waals surface area contributed by atoms with E-state index in [9.17, 15) is 0 Å². The van der Waals surface area contributed by atoms with Crippen LogP contribution in [0.15, 0.2) is 18.7 Å². The first kappa shape index (κ1) is 14.0. The Bertz CT molecular complexity index is 376. The standard InChI is InChI=1S/C7H13N2O.H2O4S/c1-7(10)5-9-4-3-8(2)6-9;1-5(2,3)4/h3-4,6-7,10H,5H2,1-2H3;(H2,1,2,3,4)/q+1;/p-1. The normalized spacial score (nSPS) is 12.9. The molecule has 2 N–H and O–H groups in total. The Kier molecular flexibility index (Phi) is 5.44. The fraction of sp³-hybridized carbons (Fsp3) is 0.571. The monoisotopic (exact) mass is 238 g/mol. The van der Waals surface area contributed by atoms with Gasteiger partial charge in [-0.2, -0.15) is 0 Å². The molecule has 0 amide bonds. The van der Waals surface area contributed by atoms with Gasteiger partial charge in [-0.05, 0) is 6.92 Å². The molecule has 1 rings (SSSR count). The molecule has 1 aromatic rings. The minimum Gasteiger partial charge on any atom is -0.726 e. The molecule has 0 aromatic carbocycles. The van der Waals surface area contributed by atoms with Crippen LogP contribution in [0.25, 0.3) is 0 Å². The molecule has 1 unspecified atom stereocenters. The molecule has 88 valence electrons. The minimum absolute atomic E-state index is 0.271.